The number of hydrogen-bond donors (Lipinski definition) is 6. The zero-order valence-corrected chi connectivity index (χ0v) is 35.6. The van der Waals surface area contributed by atoms with Crippen molar-refractivity contribution in [3.63, 3.8) is 0 Å². The maximum Gasteiger partial charge on any atom is 0.312 e. The number of Topliss-reactive ketones (excluding diaryl/α,β-unsaturated/α-hetero) is 1. The fraction of sp³-hybridized carbons (Fsp3) is 0.581. The second-order valence-corrected chi connectivity index (χ2v) is 16.5. The molecule has 324 valence electrons. The predicted octanol–water partition coefficient (Wildman–Crippen LogP) is 4.56. The molecule has 16 nitrogen and oxygen atoms in total. The highest BCUT2D eigenvalue weighted by molar-refractivity contribution is 6.23. The number of carbonyl (C=O) groups excluding carboxylic acids is 3. The number of likely N-dealkylation sites (N-methyl/N-ethyl adjacent to an activating group) is 1. The number of fused-ring (bicyclic) bond motifs is 15. The minimum Gasteiger partial charge on any atom is -0.507 e. The molecule has 1 fully saturated rings. The Bertz CT molecular complexity index is 2020. The largest absolute Gasteiger partial charge is 0.507 e. The molecule has 2 aromatic carbocycles. The molecule has 4 aliphatic heterocycles. The highest BCUT2D eigenvalue weighted by Gasteiger charge is 2.50. The van der Waals surface area contributed by atoms with Crippen molar-refractivity contribution in [3.05, 3.63) is 40.7 Å². The summed E-state index contributed by atoms with van der Waals surface area (Å²) in [7, 11) is 3.43. The average Bonchev–Trinajstić information content (AvgIpc) is 3.46. The number of aliphatic hydroxyl groups is 2. The molecule has 4 heterocycles. The van der Waals surface area contributed by atoms with Crippen LogP contribution in [0.25, 0.3) is 10.8 Å². The number of ether oxygens (including phenoxy) is 4. The lowest BCUT2D eigenvalue weighted by Crippen LogP contribution is -2.46. The first-order valence-corrected chi connectivity index (χ1v) is 20.1. The summed E-state index contributed by atoms with van der Waals surface area (Å²) >= 11 is 0. The number of hydrazone groups is 1. The van der Waals surface area contributed by atoms with E-state index < -0.39 is 82.9 Å². The van der Waals surface area contributed by atoms with Crippen molar-refractivity contribution >= 4 is 40.3 Å². The molecule has 1 amide bonds. The third-order valence-electron chi connectivity index (χ3n) is 12.2. The molecular weight excluding hydrogens is 764 g/mol. The molecule has 0 aromatic heterocycles. The van der Waals surface area contributed by atoms with Gasteiger partial charge < -0.3 is 54.7 Å². The van der Waals surface area contributed by atoms with E-state index in [1.807, 2.05) is 14.0 Å². The number of methoxy groups -OCH3 is 1. The molecule has 5 bridgehead atoms. The number of allylic oxidation sites excluding steroid dienone is 1. The summed E-state index contributed by atoms with van der Waals surface area (Å²) in [5, 5.41) is 67.0. The van der Waals surface area contributed by atoms with E-state index in [1.54, 1.807) is 38.8 Å². The van der Waals surface area contributed by atoms with Crippen LogP contribution in [0.1, 0.15) is 82.8 Å². The summed E-state index contributed by atoms with van der Waals surface area (Å²) in [4.78, 5) is 42.7. The normalized spacial score (nSPS) is 31.8. The highest BCUT2D eigenvalue weighted by atomic mass is 16.7. The van der Waals surface area contributed by atoms with Crippen molar-refractivity contribution in [2.45, 2.75) is 98.4 Å². The van der Waals surface area contributed by atoms with Gasteiger partial charge in [0.05, 0.1) is 53.0 Å². The van der Waals surface area contributed by atoms with Crippen molar-refractivity contribution in [3.8, 4) is 23.0 Å². The lowest BCUT2D eigenvalue weighted by Gasteiger charge is -2.38. The number of phenols is 3. The molecule has 59 heavy (non-hydrogen) atoms. The molecule has 0 unspecified atom stereocenters. The summed E-state index contributed by atoms with van der Waals surface area (Å²) in [6, 6.07) is 0. The van der Waals surface area contributed by atoms with Crippen LogP contribution in [-0.2, 0) is 23.8 Å². The number of esters is 1. The van der Waals surface area contributed by atoms with Crippen LogP contribution in [0.15, 0.2) is 29.1 Å². The zero-order valence-electron chi connectivity index (χ0n) is 35.6. The number of nitrogens with zero attached hydrogens (tertiary/aromatic N) is 3. The van der Waals surface area contributed by atoms with Crippen molar-refractivity contribution < 1.29 is 58.9 Å². The molecule has 0 radical (unpaired) electrons. The molecular formula is C43H60N4O12. The average molecular weight is 825 g/mol. The van der Waals surface area contributed by atoms with Gasteiger partial charge in [-0.25, -0.2) is 0 Å². The van der Waals surface area contributed by atoms with Crippen LogP contribution in [0.5, 0.6) is 23.0 Å². The molecule has 0 saturated carbocycles. The number of nitrogens with one attached hydrogen (secondary N) is 1. The van der Waals surface area contributed by atoms with Crippen molar-refractivity contribution in [2.75, 3.05) is 45.7 Å². The summed E-state index contributed by atoms with van der Waals surface area (Å²) in [5.74, 6) is -7.95. The van der Waals surface area contributed by atoms with Crippen molar-refractivity contribution in [1.82, 2.24) is 9.91 Å². The Hall–Kier alpha value is -4.90. The van der Waals surface area contributed by atoms with Gasteiger partial charge in [-0.05, 0) is 45.7 Å². The van der Waals surface area contributed by atoms with Gasteiger partial charge in [-0.15, -0.1) is 0 Å². The fourth-order valence-electron chi connectivity index (χ4n) is 8.22. The summed E-state index contributed by atoms with van der Waals surface area (Å²) in [5.41, 5.74) is -0.203. The van der Waals surface area contributed by atoms with E-state index in [1.165, 1.54) is 46.4 Å². The minimum absolute atomic E-state index is 0.0651. The number of piperazine rings is 1. The number of aromatic hydroxyl groups is 3. The molecule has 0 spiro atoms. The highest BCUT2D eigenvalue weighted by Crippen LogP contribution is 2.55. The molecule has 0 aliphatic carbocycles. The van der Waals surface area contributed by atoms with E-state index >= 15 is 0 Å². The summed E-state index contributed by atoms with van der Waals surface area (Å²) in [6.45, 7) is 15.3. The Balaban J connectivity index is 1.68. The Kier molecular flexibility index (Phi) is 13.9. The molecule has 1 saturated heterocycles. The first-order chi connectivity index (χ1) is 27.7. The van der Waals surface area contributed by atoms with Gasteiger partial charge in [-0.3, -0.25) is 19.4 Å². The van der Waals surface area contributed by atoms with E-state index in [-0.39, 0.29) is 50.4 Å². The van der Waals surface area contributed by atoms with Gasteiger partial charge >= 0.3 is 11.8 Å². The van der Waals surface area contributed by atoms with E-state index in [4.69, 9.17) is 18.9 Å². The first kappa shape index (κ1) is 45.2. The maximum absolute atomic E-state index is 14.4. The zero-order chi connectivity index (χ0) is 43.7. The number of ketones is 1. The first-order valence-electron chi connectivity index (χ1n) is 20.1. The second kappa shape index (κ2) is 18.2. The third-order valence-corrected chi connectivity index (χ3v) is 12.2. The van der Waals surface area contributed by atoms with Gasteiger partial charge in [0.2, 0.25) is 0 Å². The SMILES string of the molecule is CO[C@H]1/C=C/O[C@@]2(C)Oc3c(C)c(O)c4c(O)c(c(/C=N/N5CCN(C)CC5)c(O)c4c3C2=O)NC(=O)/C(C)=C\CC[C@H](C)[C@H](O)[C@@H](C)[C@@H](O)[C@@H](C)[C@H](OC(C)=O)[C@@H]1C. The van der Waals surface area contributed by atoms with E-state index in [9.17, 15) is 39.9 Å². The number of carbonyl (C=O) groups is 3. The lowest BCUT2D eigenvalue weighted by molar-refractivity contribution is -0.160. The van der Waals surface area contributed by atoms with Crippen LogP contribution in [0.2, 0.25) is 0 Å². The predicted molar refractivity (Wildman–Crippen MR) is 221 cm³/mol. The minimum atomic E-state index is -2.04. The number of amides is 1. The Morgan fingerprint density at radius 3 is 2.25 bits per heavy atom. The van der Waals surface area contributed by atoms with Gasteiger partial charge in [-0.2, -0.15) is 5.10 Å². The van der Waals surface area contributed by atoms with Crippen molar-refractivity contribution in [2.24, 2.45) is 28.8 Å². The number of hydrogen-bond acceptors (Lipinski definition) is 15. The van der Waals surface area contributed by atoms with Crippen LogP contribution >= 0.6 is 0 Å². The van der Waals surface area contributed by atoms with E-state index in [2.05, 4.69) is 15.3 Å². The molecule has 6 rings (SSSR count). The van der Waals surface area contributed by atoms with Gasteiger partial charge in [0.1, 0.15) is 23.4 Å². The van der Waals surface area contributed by atoms with Crippen LogP contribution in [-0.4, -0.2) is 130 Å². The third kappa shape index (κ3) is 9.00. The van der Waals surface area contributed by atoms with Gasteiger partial charge in [0.15, 0.2) is 5.75 Å². The number of rotatable bonds is 4. The summed E-state index contributed by atoms with van der Waals surface area (Å²) in [6.07, 6.45) is 2.77. The standard InChI is InChI=1S/C43H60N4O12/c1-21-12-11-13-22(2)42(55)45-33-28(20-44-47-17-15-46(9)16-18-47)37(52)30-31(38(33)53)36(51)26(6)40-32(30)41(54)43(8,59-40)57-19-14-29(56-10)23(3)39(58-27(7)48)25(5)35(50)24(4)34(21)49/h13-14,19-21,23-25,29,34-35,39,49-53H,11-12,15-18H2,1-10H3,(H,45,55)/b19-14+,22-13-,44-20+/t21-,23+,24+,25+,29-,34-,35+,39+,43-/m0/s1. The van der Waals surface area contributed by atoms with Gasteiger partial charge in [0.25, 0.3) is 11.7 Å². The smallest absolute Gasteiger partial charge is 0.312 e. The molecule has 2 aromatic rings. The lowest BCUT2D eigenvalue weighted by atomic mass is 9.78. The Morgan fingerprint density at radius 2 is 1.63 bits per heavy atom. The molecule has 6 N–H and O–H groups in total. The molecule has 16 heteroatoms. The molecule has 9 atom stereocenters. The monoisotopic (exact) mass is 824 g/mol. The number of anilines is 1. The van der Waals surface area contributed by atoms with Gasteiger partial charge in [-0.1, -0.05) is 33.8 Å². The van der Waals surface area contributed by atoms with Crippen LogP contribution in [0.4, 0.5) is 5.69 Å². The van der Waals surface area contributed by atoms with Crippen LogP contribution < -0.4 is 10.1 Å². The second-order valence-electron chi connectivity index (χ2n) is 16.5. The van der Waals surface area contributed by atoms with Crippen LogP contribution in [0, 0.1) is 30.6 Å². The van der Waals surface area contributed by atoms with E-state index in [0.29, 0.717) is 25.9 Å². The quantitative estimate of drug-likeness (QED) is 0.108. The number of phenolic OH excluding ortho intramolecular Hbond substituents is 3. The number of aliphatic hydroxyl groups excluding tert-OH is 2. The summed E-state index contributed by atoms with van der Waals surface area (Å²) < 4.78 is 23.6. The number of benzene rings is 2. The fourth-order valence-corrected chi connectivity index (χ4v) is 8.22. The molecule has 4 aliphatic rings. The maximum atomic E-state index is 14.4. The Morgan fingerprint density at radius 1 is 0.966 bits per heavy atom. The van der Waals surface area contributed by atoms with Crippen LogP contribution in [0.3, 0.4) is 0 Å². The topological polar surface area (TPSA) is 220 Å². The Labute approximate surface area is 345 Å². The van der Waals surface area contributed by atoms with E-state index in [0.717, 1.165) is 13.1 Å². The van der Waals surface area contributed by atoms with Crippen molar-refractivity contribution in [1.29, 1.82) is 0 Å². The van der Waals surface area contributed by atoms with Gasteiger partial charge in [0, 0.05) is 81.4 Å².